The van der Waals surface area contributed by atoms with Crippen LogP contribution in [0.25, 0.3) is 0 Å². The van der Waals surface area contributed by atoms with Crippen molar-refractivity contribution in [2.75, 3.05) is 5.75 Å². The lowest BCUT2D eigenvalue weighted by atomic mass is 10.1. The van der Waals surface area contributed by atoms with E-state index in [2.05, 4.69) is 67.8 Å². The molecule has 3 N–H and O–H groups in total. The van der Waals surface area contributed by atoms with Gasteiger partial charge in [-0.2, -0.15) is 8.42 Å². The second-order valence-electron chi connectivity index (χ2n) is 13.2. The molecule has 0 heterocycles. The lowest BCUT2D eigenvalue weighted by molar-refractivity contribution is -0.122. The van der Waals surface area contributed by atoms with Crippen LogP contribution in [0.1, 0.15) is 174 Å². The van der Waals surface area contributed by atoms with Crippen LogP contribution in [-0.2, 0) is 14.9 Å². The maximum absolute atomic E-state index is 12.5. The van der Waals surface area contributed by atoms with Gasteiger partial charge in [0.05, 0.1) is 17.9 Å². The van der Waals surface area contributed by atoms with E-state index in [1.807, 2.05) is 0 Å². The molecule has 0 saturated carbocycles. The molecule has 0 rings (SSSR count). The third-order valence-electron chi connectivity index (χ3n) is 8.43. The summed E-state index contributed by atoms with van der Waals surface area (Å²) < 4.78 is 32.4. The topological polar surface area (TPSA) is 104 Å². The average molecular weight is 692 g/mol. The van der Waals surface area contributed by atoms with Crippen LogP contribution >= 0.6 is 0 Å². The van der Waals surface area contributed by atoms with Gasteiger partial charge in [0.2, 0.25) is 5.91 Å². The Hall–Kier alpha value is -1.96. The van der Waals surface area contributed by atoms with Gasteiger partial charge in [0.1, 0.15) is 0 Å². The molecule has 0 radical (unpaired) electrons. The van der Waals surface area contributed by atoms with Crippen molar-refractivity contribution in [1.82, 2.24) is 5.32 Å². The molecule has 278 valence electrons. The van der Waals surface area contributed by atoms with Gasteiger partial charge in [-0.15, -0.1) is 0 Å². The molecule has 0 bridgehead atoms. The third-order valence-corrected chi connectivity index (χ3v) is 9.21. The van der Waals surface area contributed by atoms with E-state index >= 15 is 0 Å². The van der Waals surface area contributed by atoms with E-state index in [0.717, 1.165) is 57.8 Å². The molecule has 0 fully saturated rings. The largest absolute Gasteiger partial charge is 0.387 e. The molecule has 0 aliphatic heterocycles. The first-order valence-corrected chi connectivity index (χ1v) is 21.1. The van der Waals surface area contributed by atoms with Gasteiger partial charge < -0.3 is 10.4 Å². The summed E-state index contributed by atoms with van der Waals surface area (Å²) in [4.78, 5) is 12.5. The summed E-state index contributed by atoms with van der Waals surface area (Å²) in [6.45, 7) is 4.40. The normalized spacial score (nSPS) is 14.0. The molecule has 7 heteroatoms. The number of rotatable bonds is 34. The van der Waals surface area contributed by atoms with Crippen molar-refractivity contribution in [2.24, 2.45) is 0 Å². The minimum atomic E-state index is -4.36. The fourth-order valence-corrected chi connectivity index (χ4v) is 6.27. The van der Waals surface area contributed by atoms with Gasteiger partial charge in [0.25, 0.3) is 10.1 Å². The standard InChI is InChI=1S/C41H73NO5S/c1-3-5-7-9-11-13-15-17-19-21-23-25-27-29-31-33-35-37-41(44)42-39(38-48(45,46)47)40(43)36-34-32-30-28-26-24-22-20-18-16-14-12-10-8-6-4-2/h5,7,11,13,17,19,26,28,34,36,39-40,43H,3-4,6,8-10,12,14-16,18,20-25,27,29-33,35,37-38H2,1-2H3,(H,42,44)(H,45,46,47)/b7-5-,13-11-,19-17-,28-26+,36-34+. The molecule has 0 aliphatic carbocycles. The molecule has 0 spiro atoms. The average Bonchev–Trinajstić information content (AvgIpc) is 3.05. The number of hydrogen-bond acceptors (Lipinski definition) is 4. The maximum atomic E-state index is 12.5. The maximum Gasteiger partial charge on any atom is 0.267 e. The van der Waals surface area contributed by atoms with Crippen LogP contribution in [-0.4, -0.2) is 41.9 Å². The molecular weight excluding hydrogens is 619 g/mol. The van der Waals surface area contributed by atoms with Crippen LogP contribution < -0.4 is 5.32 Å². The smallest absolute Gasteiger partial charge is 0.267 e. The van der Waals surface area contributed by atoms with Gasteiger partial charge in [-0.3, -0.25) is 9.35 Å². The number of hydrogen-bond donors (Lipinski definition) is 3. The summed E-state index contributed by atoms with van der Waals surface area (Å²) in [5, 5.41) is 13.2. The van der Waals surface area contributed by atoms with Crippen molar-refractivity contribution in [3.05, 3.63) is 60.8 Å². The lowest BCUT2D eigenvalue weighted by Crippen LogP contribution is -2.46. The van der Waals surface area contributed by atoms with E-state index in [-0.39, 0.29) is 12.3 Å². The Morgan fingerprint density at radius 2 is 1.02 bits per heavy atom. The predicted octanol–water partition coefficient (Wildman–Crippen LogP) is 11.3. The Kier molecular flexibility index (Phi) is 33.5. The highest BCUT2D eigenvalue weighted by Crippen LogP contribution is 2.13. The summed E-state index contributed by atoms with van der Waals surface area (Å²) in [7, 11) is -4.36. The Morgan fingerprint density at radius 3 is 1.56 bits per heavy atom. The predicted molar refractivity (Wildman–Crippen MR) is 207 cm³/mol. The zero-order valence-corrected chi connectivity index (χ0v) is 31.7. The quantitative estimate of drug-likeness (QED) is 0.0354. The molecule has 0 aliphatic rings. The van der Waals surface area contributed by atoms with Gasteiger partial charge in [-0.05, 0) is 64.2 Å². The van der Waals surface area contributed by atoms with E-state index in [9.17, 15) is 22.9 Å². The van der Waals surface area contributed by atoms with Crippen LogP contribution in [0, 0.1) is 0 Å². The summed E-state index contributed by atoms with van der Waals surface area (Å²) >= 11 is 0. The number of aliphatic hydroxyl groups excluding tert-OH is 1. The highest BCUT2D eigenvalue weighted by Gasteiger charge is 2.24. The van der Waals surface area contributed by atoms with Crippen LogP contribution in [0.15, 0.2) is 60.8 Å². The molecule has 0 saturated heterocycles. The Morgan fingerprint density at radius 1 is 0.583 bits per heavy atom. The highest BCUT2D eigenvalue weighted by atomic mass is 32.2. The van der Waals surface area contributed by atoms with Crippen molar-refractivity contribution in [1.29, 1.82) is 0 Å². The molecule has 1 amide bonds. The van der Waals surface area contributed by atoms with Crippen molar-refractivity contribution >= 4 is 16.0 Å². The monoisotopic (exact) mass is 692 g/mol. The summed E-state index contributed by atoms with van der Waals surface area (Å²) in [6.07, 6.45) is 47.7. The van der Waals surface area contributed by atoms with E-state index in [1.165, 1.54) is 89.5 Å². The number of amides is 1. The summed E-state index contributed by atoms with van der Waals surface area (Å²) in [5.74, 6) is -1.02. The SMILES string of the molecule is CC/C=C\C/C=C\C/C=C\CCCCCCCCCC(=O)NC(CS(=O)(=O)O)C(O)/C=C/CC/C=C/CCCCCCCCCCCC. The third kappa shape index (κ3) is 35.3. The molecular formula is C41H73NO5S. The highest BCUT2D eigenvalue weighted by molar-refractivity contribution is 7.85. The minimum absolute atomic E-state index is 0.274. The van der Waals surface area contributed by atoms with Gasteiger partial charge >= 0.3 is 0 Å². The van der Waals surface area contributed by atoms with Crippen molar-refractivity contribution in [3.63, 3.8) is 0 Å². The van der Waals surface area contributed by atoms with E-state index < -0.39 is 28.0 Å². The first-order valence-electron chi connectivity index (χ1n) is 19.5. The van der Waals surface area contributed by atoms with Gasteiger partial charge in [0.15, 0.2) is 0 Å². The van der Waals surface area contributed by atoms with Crippen molar-refractivity contribution in [3.8, 4) is 0 Å². The molecule has 0 aromatic carbocycles. The number of unbranched alkanes of at least 4 members (excludes halogenated alkanes) is 18. The molecule has 2 atom stereocenters. The fraction of sp³-hybridized carbons (Fsp3) is 0.732. The van der Waals surface area contributed by atoms with E-state index in [0.29, 0.717) is 12.8 Å². The number of carbonyl (C=O) groups excluding carboxylic acids is 1. The van der Waals surface area contributed by atoms with Crippen molar-refractivity contribution < 1.29 is 22.9 Å². The number of allylic oxidation sites excluding steroid dienone is 9. The zero-order chi connectivity index (χ0) is 35.4. The second-order valence-corrected chi connectivity index (χ2v) is 14.7. The van der Waals surface area contributed by atoms with Crippen molar-refractivity contribution in [2.45, 2.75) is 187 Å². The lowest BCUT2D eigenvalue weighted by Gasteiger charge is -2.21. The Labute approximate surface area is 296 Å². The number of aliphatic hydroxyl groups is 1. The number of carbonyl (C=O) groups is 1. The van der Waals surface area contributed by atoms with E-state index in [4.69, 9.17) is 0 Å². The Balaban J connectivity index is 4.03. The minimum Gasteiger partial charge on any atom is -0.387 e. The molecule has 0 aromatic rings. The van der Waals surface area contributed by atoms with Crippen LogP contribution in [0.3, 0.4) is 0 Å². The molecule has 2 unspecified atom stereocenters. The van der Waals surface area contributed by atoms with E-state index in [1.54, 1.807) is 6.08 Å². The second kappa shape index (κ2) is 34.9. The van der Waals surface area contributed by atoms with Crippen LogP contribution in [0.5, 0.6) is 0 Å². The first-order chi connectivity index (χ1) is 23.3. The first kappa shape index (κ1) is 46.0. The molecule has 48 heavy (non-hydrogen) atoms. The van der Waals surface area contributed by atoms with Crippen LogP contribution in [0.2, 0.25) is 0 Å². The van der Waals surface area contributed by atoms with Gasteiger partial charge in [-0.25, -0.2) is 0 Å². The summed E-state index contributed by atoms with van der Waals surface area (Å²) in [6, 6.07) is -1.08. The van der Waals surface area contributed by atoms with Crippen LogP contribution in [0.4, 0.5) is 0 Å². The fourth-order valence-electron chi connectivity index (χ4n) is 5.54. The zero-order valence-electron chi connectivity index (χ0n) is 30.8. The number of nitrogens with one attached hydrogen (secondary N) is 1. The van der Waals surface area contributed by atoms with Gasteiger partial charge in [-0.1, -0.05) is 164 Å². The summed E-state index contributed by atoms with van der Waals surface area (Å²) in [5.41, 5.74) is 0. The molecule has 0 aromatic heterocycles. The van der Waals surface area contributed by atoms with Gasteiger partial charge in [0, 0.05) is 6.42 Å². The molecule has 6 nitrogen and oxygen atoms in total. The Bertz CT molecular complexity index is 983.